The summed E-state index contributed by atoms with van der Waals surface area (Å²) in [4.78, 5) is 13.6. The first-order valence-corrected chi connectivity index (χ1v) is 5.37. The van der Waals surface area contributed by atoms with Gasteiger partial charge in [0.05, 0.1) is 6.61 Å². The van der Waals surface area contributed by atoms with Crippen LogP contribution in [0, 0.1) is 6.92 Å². The predicted molar refractivity (Wildman–Crippen MR) is 59.3 cm³/mol. The van der Waals surface area contributed by atoms with Crippen molar-refractivity contribution in [1.29, 1.82) is 0 Å². The van der Waals surface area contributed by atoms with Gasteiger partial charge in [-0.15, -0.1) is 11.3 Å². The van der Waals surface area contributed by atoms with Crippen molar-refractivity contribution in [3.05, 3.63) is 27.5 Å². The Morgan fingerprint density at radius 3 is 2.79 bits per heavy atom. The molecule has 1 aromatic rings. The van der Waals surface area contributed by atoms with Gasteiger partial charge in [0.25, 0.3) is 0 Å². The van der Waals surface area contributed by atoms with E-state index >= 15 is 0 Å². The van der Waals surface area contributed by atoms with Crippen molar-refractivity contribution in [3.8, 4) is 0 Å². The van der Waals surface area contributed by atoms with Crippen molar-refractivity contribution in [2.75, 3.05) is 6.61 Å². The highest BCUT2D eigenvalue weighted by molar-refractivity contribution is 7.12. The van der Waals surface area contributed by atoms with Gasteiger partial charge < -0.3 is 4.74 Å². The maximum Gasteiger partial charge on any atom is 0.333 e. The van der Waals surface area contributed by atoms with Crippen molar-refractivity contribution in [2.24, 2.45) is 0 Å². The fraction of sp³-hybridized carbons (Fsp3) is 0.364. The van der Waals surface area contributed by atoms with E-state index in [-0.39, 0.29) is 5.97 Å². The zero-order valence-corrected chi connectivity index (χ0v) is 9.48. The van der Waals surface area contributed by atoms with Crippen LogP contribution >= 0.6 is 11.3 Å². The van der Waals surface area contributed by atoms with Crippen LogP contribution < -0.4 is 0 Å². The Morgan fingerprint density at radius 1 is 1.57 bits per heavy atom. The lowest BCUT2D eigenvalue weighted by Gasteiger charge is -1.99. The first kappa shape index (κ1) is 11.0. The number of rotatable bonds is 3. The quantitative estimate of drug-likeness (QED) is 0.566. The summed E-state index contributed by atoms with van der Waals surface area (Å²) in [5.74, 6) is -0.237. The lowest BCUT2D eigenvalue weighted by molar-refractivity contribution is -0.138. The van der Waals surface area contributed by atoms with Crippen LogP contribution in [0.5, 0.6) is 0 Å². The van der Waals surface area contributed by atoms with E-state index < -0.39 is 0 Å². The molecule has 0 aromatic carbocycles. The number of esters is 1. The third-order valence-corrected chi connectivity index (χ3v) is 2.67. The Hall–Kier alpha value is -1.09. The number of hydrogen-bond donors (Lipinski definition) is 0. The second kappa shape index (κ2) is 4.96. The number of aryl methyl sites for hydroxylation is 1. The molecule has 76 valence electrons. The molecular formula is C11H14O2S. The molecule has 0 amide bonds. The van der Waals surface area contributed by atoms with Gasteiger partial charge in [0.15, 0.2) is 0 Å². The molecule has 0 aliphatic carbocycles. The first-order valence-electron chi connectivity index (χ1n) is 4.55. The van der Waals surface area contributed by atoms with Crippen molar-refractivity contribution in [3.63, 3.8) is 0 Å². The average molecular weight is 210 g/mol. The third kappa shape index (κ3) is 3.00. The highest BCUT2D eigenvalue weighted by atomic mass is 32.1. The summed E-state index contributed by atoms with van der Waals surface area (Å²) in [6.45, 7) is 6.04. The summed E-state index contributed by atoms with van der Waals surface area (Å²) in [6, 6.07) is 4.04. The maximum absolute atomic E-state index is 11.3. The van der Waals surface area contributed by atoms with Crippen LogP contribution in [0.1, 0.15) is 23.6 Å². The van der Waals surface area contributed by atoms with Crippen LogP contribution in [-0.2, 0) is 9.53 Å². The zero-order valence-electron chi connectivity index (χ0n) is 8.66. The summed E-state index contributed by atoms with van der Waals surface area (Å²) < 4.78 is 4.88. The first-order chi connectivity index (χ1) is 6.63. The molecule has 1 heterocycles. The van der Waals surface area contributed by atoms with E-state index in [0.29, 0.717) is 12.2 Å². The monoisotopic (exact) mass is 210 g/mol. The van der Waals surface area contributed by atoms with Gasteiger partial charge in [-0.1, -0.05) is 0 Å². The number of ether oxygens (including phenoxy) is 1. The summed E-state index contributed by atoms with van der Waals surface area (Å²) in [5.41, 5.74) is 0.647. The molecule has 0 spiro atoms. The SMILES string of the molecule is CCOC(=O)/C(C)=C\c1ccc(C)s1. The highest BCUT2D eigenvalue weighted by Gasteiger charge is 2.04. The van der Waals surface area contributed by atoms with Crippen LogP contribution in [0.3, 0.4) is 0 Å². The van der Waals surface area contributed by atoms with Gasteiger partial charge in [0.2, 0.25) is 0 Å². The Balaban J connectivity index is 2.73. The van der Waals surface area contributed by atoms with Gasteiger partial charge in [-0.25, -0.2) is 4.79 Å². The lowest BCUT2D eigenvalue weighted by Crippen LogP contribution is -2.04. The molecule has 1 rings (SSSR count). The van der Waals surface area contributed by atoms with E-state index in [1.807, 2.05) is 25.1 Å². The molecule has 0 bridgehead atoms. The van der Waals surface area contributed by atoms with Gasteiger partial charge in [0.1, 0.15) is 0 Å². The number of hydrogen-bond acceptors (Lipinski definition) is 3. The van der Waals surface area contributed by atoms with Crippen molar-refractivity contribution in [1.82, 2.24) is 0 Å². The topological polar surface area (TPSA) is 26.3 Å². The Bertz CT molecular complexity index is 350. The minimum atomic E-state index is -0.237. The minimum Gasteiger partial charge on any atom is -0.463 e. The van der Waals surface area contributed by atoms with Gasteiger partial charge in [-0.05, 0) is 39.0 Å². The van der Waals surface area contributed by atoms with Gasteiger partial charge in [0, 0.05) is 15.3 Å². The average Bonchev–Trinajstić information content (AvgIpc) is 2.51. The molecule has 0 atom stereocenters. The van der Waals surface area contributed by atoms with Crippen LogP contribution in [0.15, 0.2) is 17.7 Å². The molecule has 0 aliphatic heterocycles. The summed E-state index contributed by atoms with van der Waals surface area (Å²) in [6.07, 6.45) is 1.86. The molecule has 2 nitrogen and oxygen atoms in total. The molecule has 0 saturated heterocycles. The number of carbonyl (C=O) groups is 1. The van der Waals surface area contributed by atoms with Crippen LogP contribution in [0.2, 0.25) is 0 Å². The third-order valence-electron chi connectivity index (χ3n) is 1.72. The second-order valence-electron chi connectivity index (χ2n) is 3.00. The molecule has 0 saturated carbocycles. The molecular weight excluding hydrogens is 196 g/mol. The standard InChI is InChI=1S/C11H14O2S/c1-4-13-11(12)8(2)7-10-6-5-9(3)14-10/h5-7H,4H2,1-3H3/b8-7-. The summed E-state index contributed by atoms with van der Waals surface area (Å²) in [5, 5.41) is 0. The molecule has 0 N–H and O–H groups in total. The predicted octanol–water partition coefficient (Wildman–Crippen LogP) is 3.02. The summed E-state index contributed by atoms with van der Waals surface area (Å²) >= 11 is 1.67. The van der Waals surface area contributed by atoms with E-state index in [1.165, 1.54) is 4.88 Å². The molecule has 3 heteroatoms. The Kier molecular flexibility index (Phi) is 3.89. The fourth-order valence-electron chi connectivity index (χ4n) is 1.05. The van der Waals surface area contributed by atoms with E-state index in [9.17, 15) is 4.79 Å². The molecule has 0 unspecified atom stereocenters. The second-order valence-corrected chi connectivity index (χ2v) is 4.32. The highest BCUT2D eigenvalue weighted by Crippen LogP contribution is 2.18. The molecule has 0 aliphatic rings. The van der Waals surface area contributed by atoms with Crippen LogP contribution in [-0.4, -0.2) is 12.6 Å². The van der Waals surface area contributed by atoms with Gasteiger partial charge in [-0.3, -0.25) is 0 Å². The van der Waals surface area contributed by atoms with Crippen LogP contribution in [0.4, 0.5) is 0 Å². The van der Waals surface area contributed by atoms with E-state index in [1.54, 1.807) is 25.2 Å². The minimum absolute atomic E-state index is 0.237. The number of thiophene rings is 1. The normalized spacial score (nSPS) is 11.5. The van der Waals surface area contributed by atoms with E-state index in [4.69, 9.17) is 4.74 Å². The van der Waals surface area contributed by atoms with Gasteiger partial charge >= 0.3 is 5.97 Å². The van der Waals surface area contributed by atoms with Crippen molar-refractivity contribution >= 4 is 23.4 Å². The van der Waals surface area contributed by atoms with Crippen molar-refractivity contribution in [2.45, 2.75) is 20.8 Å². The number of carbonyl (C=O) groups excluding carboxylic acids is 1. The molecule has 0 radical (unpaired) electrons. The van der Waals surface area contributed by atoms with Crippen molar-refractivity contribution < 1.29 is 9.53 Å². The van der Waals surface area contributed by atoms with Crippen LogP contribution in [0.25, 0.3) is 6.08 Å². The molecule has 1 aromatic heterocycles. The maximum atomic E-state index is 11.3. The Morgan fingerprint density at radius 2 is 2.29 bits per heavy atom. The Labute approximate surface area is 88.2 Å². The zero-order chi connectivity index (χ0) is 10.6. The molecule has 14 heavy (non-hydrogen) atoms. The molecule has 0 fully saturated rings. The fourth-order valence-corrected chi connectivity index (χ4v) is 1.93. The largest absolute Gasteiger partial charge is 0.463 e. The summed E-state index contributed by atoms with van der Waals surface area (Å²) in [7, 11) is 0. The van der Waals surface area contributed by atoms with E-state index in [0.717, 1.165) is 4.88 Å². The smallest absolute Gasteiger partial charge is 0.333 e. The van der Waals surface area contributed by atoms with Gasteiger partial charge in [-0.2, -0.15) is 0 Å². The lowest BCUT2D eigenvalue weighted by atomic mass is 10.2. The van der Waals surface area contributed by atoms with E-state index in [2.05, 4.69) is 0 Å².